The third-order valence-electron chi connectivity index (χ3n) is 2.50. The van der Waals surface area contributed by atoms with Gasteiger partial charge < -0.3 is 9.47 Å². The molecular weight excluding hydrogens is 216 g/mol. The second-order valence-corrected chi connectivity index (χ2v) is 3.92. The molecule has 0 saturated heterocycles. The minimum absolute atomic E-state index is 0.482. The zero-order chi connectivity index (χ0) is 12.3. The Morgan fingerprint density at radius 1 is 1.00 bits per heavy atom. The standard InChI is InChI=1S/C14H19O3/c1-2-3-4-5-6-11-16-13-7-9-14(10-8-13)17-12-15/h7-10H,2-6,11H2,1H3. The number of rotatable bonds is 9. The fourth-order valence-corrected chi connectivity index (χ4v) is 1.55. The van der Waals surface area contributed by atoms with E-state index in [2.05, 4.69) is 11.7 Å². The van der Waals surface area contributed by atoms with Crippen LogP contribution in [-0.4, -0.2) is 13.1 Å². The summed E-state index contributed by atoms with van der Waals surface area (Å²) in [7, 11) is 0. The number of unbranched alkanes of at least 4 members (excludes halogenated alkanes) is 4. The molecule has 0 bridgehead atoms. The van der Waals surface area contributed by atoms with Gasteiger partial charge in [-0.25, -0.2) is 4.79 Å². The minimum atomic E-state index is 0.482. The summed E-state index contributed by atoms with van der Waals surface area (Å²) in [4.78, 5) is 9.98. The maximum absolute atomic E-state index is 9.98. The predicted octanol–water partition coefficient (Wildman–Crippen LogP) is 3.48. The summed E-state index contributed by atoms with van der Waals surface area (Å²) in [6.45, 7) is 4.33. The summed E-state index contributed by atoms with van der Waals surface area (Å²) in [5.74, 6) is 1.29. The highest BCUT2D eigenvalue weighted by Crippen LogP contribution is 2.17. The highest BCUT2D eigenvalue weighted by atomic mass is 16.5. The van der Waals surface area contributed by atoms with Crippen LogP contribution in [0.4, 0.5) is 0 Å². The van der Waals surface area contributed by atoms with Crippen LogP contribution in [0.1, 0.15) is 39.0 Å². The van der Waals surface area contributed by atoms with Gasteiger partial charge in [0.15, 0.2) is 0 Å². The Morgan fingerprint density at radius 2 is 1.65 bits per heavy atom. The lowest BCUT2D eigenvalue weighted by Crippen LogP contribution is -1.97. The molecular formula is C14H19O3. The molecule has 3 nitrogen and oxygen atoms in total. The van der Waals surface area contributed by atoms with E-state index in [0.29, 0.717) is 5.75 Å². The molecule has 0 fully saturated rings. The number of hydrogen-bond donors (Lipinski definition) is 0. The van der Waals surface area contributed by atoms with E-state index >= 15 is 0 Å². The third kappa shape index (κ3) is 5.95. The maximum Gasteiger partial charge on any atom is 0.423 e. The molecule has 3 heteroatoms. The van der Waals surface area contributed by atoms with Gasteiger partial charge in [-0.3, -0.25) is 0 Å². The molecule has 0 aliphatic heterocycles. The van der Waals surface area contributed by atoms with Gasteiger partial charge in [0.25, 0.3) is 0 Å². The lowest BCUT2D eigenvalue weighted by atomic mass is 10.2. The first-order valence-corrected chi connectivity index (χ1v) is 6.13. The Morgan fingerprint density at radius 3 is 2.29 bits per heavy atom. The average Bonchev–Trinajstić information content (AvgIpc) is 2.36. The largest absolute Gasteiger partial charge is 0.494 e. The van der Waals surface area contributed by atoms with E-state index < -0.39 is 0 Å². The average molecular weight is 235 g/mol. The summed E-state index contributed by atoms with van der Waals surface area (Å²) >= 11 is 0. The first-order chi connectivity index (χ1) is 8.36. The van der Waals surface area contributed by atoms with E-state index in [1.165, 1.54) is 32.2 Å². The van der Waals surface area contributed by atoms with Gasteiger partial charge in [0.05, 0.1) is 6.61 Å². The molecule has 0 aromatic heterocycles. The van der Waals surface area contributed by atoms with Gasteiger partial charge in [-0.1, -0.05) is 32.6 Å². The molecule has 1 radical (unpaired) electrons. The van der Waals surface area contributed by atoms with Crippen molar-refractivity contribution in [2.75, 3.05) is 6.61 Å². The molecule has 0 unspecified atom stereocenters. The van der Waals surface area contributed by atoms with Crippen LogP contribution in [0.3, 0.4) is 0 Å². The van der Waals surface area contributed by atoms with Gasteiger partial charge in [0.1, 0.15) is 11.5 Å². The molecule has 93 valence electrons. The van der Waals surface area contributed by atoms with Gasteiger partial charge in [-0.05, 0) is 30.7 Å². The van der Waals surface area contributed by atoms with E-state index in [-0.39, 0.29) is 0 Å². The Bertz CT molecular complexity index is 306. The van der Waals surface area contributed by atoms with Crippen molar-refractivity contribution >= 4 is 6.47 Å². The first kappa shape index (κ1) is 13.6. The monoisotopic (exact) mass is 235 g/mol. The van der Waals surface area contributed by atoms with E-state index in [4.69, 9.17) is 4.74 Å². The Kier molecular flexibility index (Phi) is 6.87. The van der Waals surface area contributed by atoms with Crippen molar-refractivity contribution in [3.63, 3.8) is 0 Å². The third-order valence-corrected chi connectivity index (χ3v) is 2.50. The maximum atomic E-state index is 9.98. The molecule has 17 heavy (non-hydrogen) atoms. The zero-order valence-electron chi connectivity index (χ0n) is 10.3. The van der Waals surface area contributed by atoms with Crippen LogP contribution in [0.2, 0.25) is 0 Å². The van der Waals surface area contributed by atoms with Crippen LogP contribution in [0.15, 0.2) is 24.3 Å². The highest BCUT2D eigenvalue weighted by Gasteiger charge is 1.96. The van der Waals surface area contributed by atoms with E-state index in [1.54, 1.807) is 24.3 Å². The fourth-order valence-electron chi connectivity index (χ4n) is 1.55. The highest BCUT2D eigenvalue weighted by molar-refractivity contribution is 5.46. The van der Waals surface area contributed by atoms with Gasteiger partial charge >= 0.3 is 6.47 Å². The number of carbonyl (C=O) groups excluding carboxylic acids is 1. The molecule has 0 spiro atoms. The van der Waals surface area contributed by atoms with Crippen LogP contribution in [0.5, 0.6) is 11.5 Å². The van der Waals surface area contributed by atoms with E-state index in [9.17, 15) is 4.79 Å². The van der Waals surface area contributed by atoms with Crippen LogP contribution >= 0.6 is 0 Å². The Hall–Kier alpha value is -1.51. The molecule has 0 saturated carbocycles. The van der Waals surface area contributed by atoms with Crippen molar-refractivity contribution in [1.29, 1.82) is 0 Å². The van der Waals surface area contributed by atoms with E-state index in [0.717, 1.165) is 18.8 Å². The molecule has 0 heterocycles. The summed E-state index contributed by atoms with van der Waals surface area (Å²) in [6, 6.07) is 6.96. The van der Waals surface area contributed by atoms with Crippen LogP contribution in [-0.2, 0) is 4.79 Å². The Labute approximate surface area is 103 Å². The lowest BCUT2D eigenvalue weighted by Gasteiger charge is -2.06. The zero-order valence-corrected chi connectivity index (χ0v) is 10.3. The lowest BCUT2D eigenvalue weighted by molar-refractivity contribution is 0.304. The van der Waals surface area contributed by atoms with Gasteiger partial charge in [0, 0.05) is 0 Å². The SMILES string of the molecule is CCCCCCCOc1ccc(O[C]=O)cc1. The van der Waals surface area contributed by atoms with Crippen molar-refractivity contribution in [3.05, 3.63) is 24.3 Å². The van der Waals surface area contributed by atoms with E-state index in [1.807, 2.05) is 0 Å². The van der Waals surface area contributed by atoms with Crippen molar-refractivity contribution in [3.8, 4) is 11.5 Å². The number of hydrogen-bond acceptors (Lipinski definition) is 3. The summed E-state index contributed by atoms with van der Waals surface area (Å²) in [5.41, 5.74) is 0. The quantitative estimate of drug-likeness (QED) is 0.615. The van der Waals surface area contributed by atoms with Crippen molar-refractivity contribution in [2.24, 2.45) is 0 Å². The predicted molar refractivity (Wildman–Crippen MR) is 67.0 cm³/mol. The Balaban J connectivity index is 2.16. The minimum Gasteiger partial charge on any atom is -0.494 e. The molecule has 0 aliphatic carbocycles. The van der Waals surface area contributed by atoms with Gasteiger partial charge in [0.2, 0.25) is 0 Å². The first-order valence-electron chi connectivity index (χ1n) is 6.13. The number of ether oxygens (including phenoxy) is 2. The molecule has 0 N–H and O–H groups in total. The molecule has 1 aromatic rings. The topological polar surface area (TPSA) is 35.5 Å². The molecule has 0 aliphatic rings. The normalized spacial score (nSPS) is 9.94. The summed E-state index contributed by atoms with van der Waals surface area (Å²) in [6.07, 6.45) is 6.14. The summed E-state index contributed by atoms with van der Waals surface area (Å²) < 4.78 is 10.1. The van der Waals surface area contributed by atoms with Gasteiger partial charge in [-0.15, -0.1) is 0 Å². The van der Waals surface area contributed by atoms with Crippen molar-refractivity contribution in [2.45, 2.75) is 39.0 Å². The number of benzene rings is 1. The second kappa shape index (κ2) is 8.62. The molecule has 0 amide bonds. The fraction of sp³-hybridized carbons (Fsp3) is 0.500. The smallest absolute Gasteiger partial charge is 0.423 e. The van der Waals surface area contributed by atoms with Crippen molar-refractivity contribution < 1.29 is 14.3 Å². The molecule has 0 atom stereocenters. The second-order valence-electron chi connectivity index (χ2n) is 3.92. The van der Waals surface area contributed by atoms with Crippen LogP contribution in [0.25, 0.3) is 0 Å². The van der Waals surface area contributed by atoms with Crippen LogP contribution < -0.4 is 9.47 Å². The summed E-state index contributed by atoms with van der Waals surface area (Å²) in [5, 5.41) is 0. The van der Waals surface area contributed by atoms with Gasteiger partial charge in [-0.2, -0.15) is 0 Å². The van der Waals surface area contributed by atoms with Crippen LogP contribution in [0, 0.1) is 0 Å². The molecule has 1 rings (SSSR count). The van der Waals surface area contributed by atoms with Crippen molar-refractivity contribution in [1.82, 2.24) is 0 Å². The molecule has 1 aromatic carbocycles.